The largest absolute Gasteiger partial charge is 0.493 e. The Morgan fingerprint density at radius 1 is 1.26 bits per heavy atom. The summed E-state index contributed by atoms with van der Waals surface area (Å²) in [5, 5.41) is 3.03. The highest BCUT2D eigenvalue weighted by molar-refractivity contribution is 5.97. The maximum absolute atomic E-state index is 12.7. The van der Waals surface area contributed by atoms with Crippen LogP contribution in [0.5, 0.6) is 5.75 Å². The van der Waals surface area contributed by atoms with Gasteiger partial charge in [-0.05, 0) is 76.1 Å². The highest BCUT2D eigenvalue weighted by atomic mass is 16.5. The van der Waals surface area contributed by atoms with E-state index in [1.807, 2.05) is 39.8 Å². The Morgan fingerprint density at radius 2 is 1.87 bits per heavy atom. The molecule has 1 amide bonds. The molecular formula is C19H29NO3. The Balaban J connectivity index is 2.14. The zero-order chi connectivity index (χ0) is 17.0. The molecule has 0 spiro atoms. The Bertz CT molecular complexity index is 543. The van der Waals surface area contributed by atoms with Gasteiger partial charge in [0.15, 0.2) is 0 Å². The van der Waals surface area contributed by atoms with E-state index in [0.29, 0.717) is 19.1 Å². The van der Waals surface area contributed by atoms with Crippen LogP contribution in [0.1, 0.15) is 51.2 Å². The number of aryl methyl sites for hydroxylation is 2. The van der Waals surface area contributed by atoms with E-state index in [1.54, 1.807) is 0 Å². The fourth-order valence-corrected chi connectivity index (χ4v) is 3.01. The second kappa shape index (κ2) is 7.35. The summed E-state index contributed by atoms with van der Waals surface area (Å²) >= 11 is 0. The molecule has 2 rings (SSSR count). The van der Waals surface area contributed by atoms with Gasteiger partial charge in [0.05, 0.1) is 6.61 Å². The predicted molar refractivity (Wildman–Crippen MR) is 93.1 cm³/mol. The van der Waals surface area contributed by atoms with Gasteiger partial charge in [0.1, 0.15) is 11.4 Å². The smallest absolute Gasteiger partial charge is 0.256 e. The standard InChI is InChI=1S/C19H29NO3/c1-6-10-22-17-13(3)11-16(12-14(17)4)20-18(21)19(5,23-7-2)15-8-9-15/h11-12,15H,6-10H2,1-5H3,(H,20,21)/t19-/m0/s1. The van der Waals surface area contributed by atoms with E-state index >= 15 is 0 Å². The summed E-state index contributed by atoms with van der Waals surface area (Å²) in [5.74, 6) is 1.19. The molecule has 0 saturated heterocycles. The Kier molecular flexibility index (Phi) is 5.69. The van der Waals surface area contributed by atoms with E-state index in [1.165, 1.54) is 0 Å². The molecule has 23 heavy (non-hydrogen) atoms. The minimum absolute atomic E-state index is 0.0529. The summed E-state index contributed by atoms with van der Waals surface area (Å²) in [6.07, 6.45) is 3.10. The Labute approximate surface area is 139 Å². The van der Waals surface area contributed by atoms with Gasteiger partial charge in [0.25, 0.3) is 5.91 Å². The first-order valence-corrected chi connectivity index (χ1v) is 8.61. The van der Waals surface area contributed by atoms with E-state index in [2.05, 4.69) is 12.2 Å². The van der Waals surface area contributed by atoms with Gasteiger partial charge in [-0.15, -0.1) is 0 Å². The van der Waals surface area contributed by atoms with Gasteiger partial charge in [0, 0.05) is 12.3 Å². The van der Waals surface area contributed by atoms with Gasteiger partial charge in [0.2, 0.25) is 0 Å². The van der Waals surface area contributed by atoms with E-state index < -0.39 is 5.60 Å². The van der Waals surface area contributed by atoms with Crippen molar-refractivity contribution < 1.29 is 14.3 Å². The van der Waals surface area contributed by atoms with Crippen LogP contribution in [0.2, 0.25) is 0 Å². The third-order valence-electron chi connectivity index (χ3n) is 4.42. The van der Waals surface area contributed by atoms with E-state index in [9.17, 15) is 4.79 Å². The van der Waals surface area contributed by atoms with Crippen molar-refractivity contribution in [2.24, 2.45) is 5.92 Å². The van der Waals surface area contributed by atoms with Crippen LogP contribution in [0.25, 0.3) is 0 Å². The predicted octanol–water partition coefficient (Wildman–Crippen LogP) is 4.24. The molecule has 4 nitrogen and oxygen atoms in total. The molecule has 1 saturated carbocycles. The Hall–Kier alpha value is -1.55. The minimum Gasteiger partial charge on any atom is -0.493 e. The van der Waals surface area contributed by atoms with Gasteiger partial charge < -0.3 is 14.8 Å². The van der Waals surface area contributed by atoms with Crippen molar-refractivity contribution in [2.75, 3.05) is 18.5 Å². The maximum Gasteiger partial charge on any atom is 0.256 e. The Morgan fingerprint density at radius 3 is 2.35 bits per heavy atom. The number of benzene rings is 1. The normalized spacial score (nSPS) is 16.7. The molecular weight excluding hydrogens is 290 g/mol. The van der Waals surface area contributed by atoms with E-state index in [0.717, 1.165) is 41.8 Å². The fraction of sp³-hybridized carbons (Fsp3) is 0.632. The number of nitrogens with one attached hydrogen (secondary N) is 1. The fourth-order valence-electron chi connectivity index (χ4n) is 3.01. The number of amides is 1. The third-order valence-corrected chi connectivity index (χ3v) is 4.42. The van der Waals surface area contributed by atoms with Gasteiger partial charge in [-0.3, -0.25) is 4.79 Å². The molecule has 1 aromatic rings. The quantitative estimate of drug-likeness (QED) is 0.780. The first-order chi connectivity index (χ1) is 10.9. The van der Waals surface area contributed by atoms with Crippen molar-refractivity contribution >= 4 is 11.6 Å². The van der Waals surface area contributed by atoms with Crippen molar-refractivity contribution in [3.05, 3.63) is 23.3 Å². The maximum atomic E-state index is 12.7. The average Bonchev–Trinajstić information content (AvgIpc) is 3.31. The molecule has 0 aromatic heterocycles. The van der Waals surface area contributed by atoms with Crippen LogP contribution in [-0.4, -0.2) is 24.7 Å². The lowest BCUT2D eigenvalue weighted by molar-refractivity contribution is -0.141. The number of carbonyl (C=O) groups is 1. The molecule has 128 valence electrons. The third kappa shape index (κ3) is 4.05. The molecule has 0 bridgehead atoms. The summed E-state index contributed by atoms with van der Waals surface area (Å²) < 4.78 is 11.6. The summed E-state index contributed by atoms with van der Waals surface area (Å²) in [6.45, 7) is 11.2. The number of ether oxygens (including phenoxy) is 2. The SMILES string of the molecule is CCCOc1c(C)cc(NC(=O)[C@@](C)(OCC)C2CC2)cc1C. The molecule has 0 aliphatic heterocycles. The second-order valence-corrected chi connectivity index (χ2v) is 6.56. The van der Waals surface area contributed by atoms with Crippen LogP contribution < -0.4 is 10.1 Å². The second-order valence-electron chi connectivity index (χ2n) is 6.56. The van der Waals surface area contributed by atoms with Crippen LogP contribution in [0.15, 0.2) is 12.1 Å². The summed E-state index contributed by atoms with van der Waals surface area (Å²) in [4.78, 5) is 12.7. The van der Waals surface area contributed by atoms with Gasteiger partial charge in [-0.25, -0.2) is 0 Å². The first kappa shape index (κ1) is 17.8. The lowest BCUT2D eigenvalue weighted by atomic mass is 9.98. The van der Waals surface area contributed by atoms with Crippen molar-refractivity contribution in [1.29, 1.82) is 0 Å². The number of anilines is 1. The van der Waals surface area contributed by atoms with E-state index in [4.69, 9.17) is 9.47 Å². The van der Waals surface area contributed by atoms with Crippen LogP contribution in [-0.2, 0) is 9.53 Å². The van der Waals surface area contributed by atoms with E-state index in [-0.39, 0.29) is 5.91 Å². The molecule has 1 aromatic carbocycles. The molecule has 1 aliphatic rings. The number of carbonyl (C=O) groups excluding carboxylic acids is 1. The minimum atomic E-state index is -0.728. The number of hydrogen-bond donors (Lipinski definition) is 1. The van der Waals surface area contributed by atoms with Crippen LogP contribution in [0.4, 0.5) is 5.69 Å². The highest BCUT2D eigenvalue weighted by Gasteiger charge is 2.48. The number of rotatable bonds is 8. The monoisotopic (exact) mass is 319 g/mol. The van der Waals surface area contributed by atoms with Gasteiger partial charge >= 0.3 is 0 Å². The van der Waals surface area contributed by atoms with Crippen LogP contribution >= 0.6 is 0 Å². The summed E-state index contributed by atoms with van der Waals surface area (Å²) in [5.41, 5.74) is 2.16. The highest BCUT2D eigenvalue weighted by Crippen LogP contribution is 2.42. The first-order valence-electron chi connectivity index (χ1n) is 8.61. The molecule has 0 unspecified atom stereocenters. The molecule has 1 atom stereocenters. The molecule has 1 aliphatic carbocycles. The van der Waals surface area contributed by atoms with Gasteiger partial charge in [-0.1, -0.05) is 6.92 Å². The van der Waals surface area contributed by atoms with Crippen molar-refractivity contribution in [1.82, 2.24) is 0 Å². The van der Waals surface area contributed by atoms with Crippen LogP contribution in [0.3, 0.4) is 0 Å². The summed E-state index contributed by atoms with van der Waals surface area (Å²) in [6, 6.07) is 3.93. The van der Waals surface area contributed by atoms with Crippen LogP contribution in [0, 0.1) is 19.8 Å². The number of hydrogen-bond acceptors (Lipinski definition) is 3. The lowest BCUT2D eigenvalue weighted by Gasteiger charge is -2.28. The van der Waals surface area contributed by atoms with Crippen molar-refractivity contribution in [2.45, 2.75) is 59.5 Å². The molecule has 4 heteroatoms. The zero-order valence-electron chi connectivity index (χ0n) is 15.0. The average molecular weight is 319 g/mol. The molecule has 1 fully saturated rings. The van der Waals surface area contributed by atoms with Gasteiger partial charge in [-0.2, -0.15) is 0 Å². The van der Waals surface area contributed by atoms with Crippen molar-refractivity contribution in [3.63, 3.8) is 0 Å². The molecule has 1 N–H and O–H groups in total. The summed E-state index contributed by atoms with van der Waals surface area (Å²) in [7, 11) is 0. The lowest BCUT2D eigenvalue weighted by Crippen LogP contribution is -2.44. The molecule has 0 radical (unpaired) electrons. The zero-order valence-corrected chi connectivity index (χ0v) is 15.0. The topological polar surface area (TPSA) is 47.6 Å². The molecule has 0 heterocycles. The van der Waals surface area contributed by atoms with Crippen molar-refractivity contribution in [3.8, 4) is 5.75 Å².